The van der Waals surface area contributed by atoms with Gasteiger partial charge in [-0.2, -0.15) is 5.10 Å². The van der Waals surface area contributed by atoms with Gasteiger partial charge in [-0.15, -0.1) is 11.6 Å². The minimum atomic E-state index is 0.214. The minimum Gasteiger partial charge on any atom is -0.386 e. The van der Waals surface area contributed by atoms with E-state index in [2.05, 4.69) is 10.1 Å². The maximum absolute atomic E-state index is 5.68. The number of para-hydroxylation sites is 2. The van der Waals surface area contributed by atoms with Gasteiger partial charge in [0.15, 0.2) is 0 Å². The van der Waals surface area contributed by atoms with Crippen LogP contribution in [0.5, 0.6) is 0 Å². The molecule has 94 valence electrons. The molecule has 0 unspecified atom stereocenters. The van der Waals surface area contributed by atoms with Crippen LogP contribution in [0.4, 0.5) is 5.69 Å². The molecule has 0 fully saturated rings. The van der Waals surface area contributed by atoms with Crippen LogP contribution in [0.25, 0.3) is 5.69 Å². The molecule has 0 aliphatic rings. The largest absolute Gasteiger partial charge is 0.386 e. The molecule has 1 aromatic carbocycles. The molecular weight excluding hydrogens is 248 g/mol. The molecule has 2 N–H and O–H groups in total. The zero-order valence-corrected chi connectivity index (χ0v) is 11.1. The Morgan fingerprint density at radius 1 is 1.39 bits per heavy atom. The Balaban J connectivity index is 2.55. The van der Waals surface area contributed by atoms with E-state index in [4.69, 9.17) is 17.3 Å². The van der Waals surface area contributed by atoms with Crippen molar-refractivity contribution in [1.29, 1.82) is 0 Å². The Kier molecular flexibility index (Phi) is 3.67. The number of hydrogen-bond acceptors (Lipinski definition) is 2. The van der Waals surface area contributed by atoms with Crippen LogP contribution in [-0.4, -0.2) is 21.5 Å². The summed E-state index contributed by atoms with van der Waals surface area (Å²) in [4.78, 5) is 4.31. The maximum Gasteiger partial charge on any atom is 0.115 e. The molecule has 0 radical (unpaired) electrons. The van der Waals surface area contributed by atoms with E-state index in [0.717, 1.165) is 22.8 Å². The molecule has 2 aromatic rings. The normalized spacial score (nSPS) is 11.8. The molecule has 2 rings (SSSR count). The van der Waals surface area contributed by atoms with Gasteiger partial charge in [-0.25, -0.2) is 9.67 Å². The fourth-order valence-corrected chi connectivity index (χ4v) is 1.85. The first-order valence-electron chi connectivity index (χ1n) is 5.63. The molecule has 0 aliphatic heterocycles. The van der Waals surface area contributed by atoms with Crippen molar-refractivity contribution in [2.45, 2.75) is 13.8 Å². The van der Waals surface area contributed by atoms with Gasteiger partial charge in [-0.05, 0) is 32.0 Å². The fraction of sp³-hybridized carbons (Fsp3) is 0.231. The highest BCUT2D eigenvalue weighted by molar-refractivity contribution is 6.28. The van der Waals surface area contributed by atoms with Gasteiger partial charge in [-0.1, -0.05) is 12.1 Å². The quantitative estimate of drug-likeness (QED) is 0.525. The average Bonchev–Trinajstić information content (AvgIpc) is 2.69. The van der Waals surface area contributed by atoms with Gasteiger partial charge < -0.3 is 5.73 Å². The molecule has 5 heteroatoms. The summed E-state index contributed by atoms with van der Waals surface area (Å²) in [6, 6.07) is 9.73. The highest BCUT2D eigenvalue weighted by Crippen LogP contribution is 2.24. The molecule has 18 heavy (non-hydrogen) atoms. The number of aryl methyl sites for hydroxylation is 2. The smallest absolute Gasteiger partial charge is 0.115 e. The van der Waals surface area contributed by atoms with Crippen LogP contribution in [0.2, 0.25) is 0 Å². The van der Waals surface area contributed by atoms with E-state index < -0.39 is 0 Å². The molecule has 1 aromatic heterocycles. The predicted molar refractivity (Wildman–Crippen MR) is 75.0 cm³/mol. The minimum absolute atomic E-state index is 0.214. The first-order chi connectivity index (χ1) is 8.61. The number of nitrogens with zero attached hydrogens (tertiary/aromatic N) is 3. The first kappa shape index (κ1) is 12.6. The van der Waals surface area contributed by atoms with Crippen molar-refractivity contribution >= 4 is 23.1 Å². The molecule has 0 saturated carbocycles. The van der Waals surface area contributed by atoms with Crippen LogP contribution in [0, 0.1) is 13.8 Å². The highest BCUT2D eigenvalue weighted by Gasteiger charge is 2.08. The van der Waals surface area contributed by atoms with Gasteiger partial charge in [-0.3, -0.25) is 0 Å². The first-order valence-corrected chi connectivity index (χ1v) is 6.17. The number of amidine groups is 1. The number of rotatable bonds is 3. The number of aliphatic imine (C=N–C) groups is 1. The Morgan fingerprint density at radius 2 is 2.11 bits per heavy atom. The van der Waals surface area contributed by atoms with Crippen molar-refractivity contribution in [3.8, 4) is 5.69 Å². The van der Waals surface area contributed by atoms with Crippen LogP contribution in [0.3, 0.4) is 0 Å². The lowest BCUT2D eigenvalue weighted by Crippen LogP contribution is -2.12. The topological polar surface area (TPSA) is 56.2 Å². The van der Waals surface area contributed by atoms with E-state index in [0.29, 0.717) is 5.84 Å². The third kappa shape index (κ3) is 2.54. The Morgan fingerprint density at radius 3 is 2.72 bits per heavy atom. The lowest BCUT2D eigenvalue weighted by atomic mass is 10.2. The molecular formula is C13H15ClN4. The van der Waals surface area contributed by atoms with Crippen LogP contribution in [0.1, 0.15) is 11.4 Å². The van der Waals surface area contributed by atoms with E-state index in [1.165, 1.54) is 0 Å². The van der Waals surface area contributed by atoms with Gasteiger partial charge in [0.1, 0.15) is 5.84 Å². The third-order valence-electron chi connectivity index (χ3n) is 2.52. The van der Waals surface area contributed by atoms with Crippen molar-refractivity contribution in [3.63, 3.8) is 0 Å². The second-order valence-corrected chi connectivity index (χ2v) is 4.33. The summed E-state index contributed by atoms with van der Waals surface area (Å²) in [5.41, 5.74) is 9.37. The van der Waals surface area contributed by atoms with Gasteiger partial charge in [0, 0.05) is 5.69 Å². The van der Waals surface area contributed by atoms with Crippen LogP contribution in [0.15, 0.2) is 35.3 Å². The van der Waals surface area contributed by atoms with Crippen molar-refractivity contribution in [3.05, 3.63) is 41.7 Å². The summed E-state index contributed by atoms with van der Waals surface area (Å²) in [7, 11) is 0. The number of aromatic nitrogens is 2. The molecule has 0 bridgehead atoms. The average molecular weight is 263 g/mol. The van der Waals surface area contributed by atoms with Crippen molar-refractivity contribution in [2.75, 3.05) is 5.88 Å². The Labute approximate surface area is 111 Å². The molecule has 0 saturated heterocycles. The maximum atomic E-state index is 5.68. The SMILES string of the molecule is Cc1cc(C)n(-c2ccccc2N=C(N)CCl)n1. The summed E-state index contributed by atoms with van der Waals surface area (Å²) in [6.07, 6.45) is 0. The Hall–Kier alpha value is -1.81. The van der Waals surface area contributed by atoms with E-state index in [9.17, 15) is 0 Å². The standard InChI is InChI=1S/C13H15ClN4/c1-9-7-10(2)18(17-9)12-6-4-3-5-11(12)16-13(15)8-14/h3-7H,8H2,1-2H3,(H2,15,16). The highest BCUT2D eigenvalue weighted by atomic mass is 35.5. The lowest BCUT2D eigenvalue weighted by Gasteiger charge is -2.08. The molecule has 4 nitrogen and oxygen atoms in total. The molecule has 0 aliphatic carbocycles. The van der Waals surface area contributed by atoms with E-state index in [1.807, 2.05) is 48.9 Å². The number of alkyl halides is 1. The van der Waals surface area contributed by atoms with Crippen molar-refractivity contribution < 1.29 is 0 Å². The van der Waals surface area contributed by atoms with Crippen LogP contribution in [-0.2, 0) is 0 Å². The second-order valence-electron chi connectivity index (χ2n) is 4.06. The summed E-state index contributed by atoms with van der Waals surface area (Å²) in [5.74, 6) is 0.608. The molecule has 0 spiro atoms. The molecule has 0 atom stereocenters. The number of halogens is 1. The zero-order valence-electron chi connectivity index (χ0n) is 10.4. The predicted octanol–water partition coefficient (Wildman–Crippen LogP) is 2.72. The van der Waals surface area contributed by atoms with Gasteiger partial charge in [0.05, 0.1) is 22.9 Å². The van der Waals surface area contributed by atoms with Gasteiger partial charge in [0.25, 0.3) is 0 Å². The number of hydrogen-bond donors (Lipinski definition) is 1. The van der Waals surface area contributed by atoms with Gasteiger partial charge in [0.2, 0.25) is 0 Å². The van der Waals surface area contributed by atoms with E-state index >= 15 is 0 Å². The van der Waals surface area contributed by atoms with Crippen LogP contribution >= 0.6 is 11.6 Å². The third-order valence-corrected chi connectivity index (χ3v) is 2.79. The number of nitrogens with two attached hydrogens (primary N) is 1. The number of benzene rings is 1. The Bertz CT molecular complexity index is 586. The summed E-state index contributed by atoms with van der Waals surface area (Å²) in [5, 5.41) is 4.45. The lowest BCUT2D eigenvalue weighted by molar-refractivity contribution is 0.834. The van der Waals surface area contributed by atoms with Crippen molar-refractivity contribution in [2.24, 2.45) is 10.7 Å². The summed E-state index contributed by atoms with van der Waals surface area (Å²) >= 11 is 5.66. The molecule has 1 heterocycles. The van der Waals surface area contributed by atoms with Crippen LogP contribution < -0.4 is 5.73 Å². The molecule has 0 amide bonds. The monoisotopic (exact) mass is 262 g/mol. The zero-order chi connectivity index (χ0) is 13.1. The summed E-state index contributed by atoms with van der Waals surface area (Å²) in [6.45, 7) is 3.97. The fourth-order valence-electron chi connectivity index (χ4n) is 1.80. The van der Waals surface area contributed by atoms with E-state index in [-0.39, 0.29) is 5.88 Å². The van der Waals surface area contributed by atoms with Gasteiger partial charge >= 0.3 is 0 Å². The van der Waals surface area contributed by atoms with Crippen molar-refractivity contribution in [1.82, 2.24) is 9.78 Å². The summed E-state index contributed by atoms with van der Waals surface area (Å²) < 4.78 is 1.86. The second kappa shape index (κ2) is 5.23. The van der Waals surface area contributed by atoms with E-state index in [1.54, 1.807) is 0 Å².